The Labute approximate surface area is 168 Å². The molecule has 3 rings (SSSR count). The smallest absolute Gasteiger partial charge is 0.194 e. The van der Waals surface area contributed by atoms with E-state index in [-0.39, 0.29) is 5.92 Å². The molecule has 0 unspecified atom stereocenters. The van der Waals surface area contributed by atoms with E-state index in [2.05, 4.69) is 19.1 Å². The minimum atomic E-state index is -1.35. The van der Waals surface area contributed by atoms with Crippen molar-refractivity contribution < 1.29 is 13.2 Å². The predicted molar refractivity (Wildman–Crippen MR) is 110 cm³/mol. The van der Waals surface area contributed by atoms with E-state index >= 15 is 0 Å². The van der Waals surface area contributed by atoms with Crippen molar-refractivity contribution in [2.45, 2.75) is 89.9 Å². The normalized spacial score (nSPS) is 28.7. The molecule has 2 saturated carbocycles. The third kappa shape index (κ3) is 5.64. The first-order valence-electron chi connectivity index (χ1n) is 11.4. The van der Waals surface area contributed by atoms with Gasteiger partial charge in [0.15, 0.2) is 17.5 Å². The second-order valence-corrected chi connectivity index (χ2v) is 9.03. The van der Waals surface area contributed by atoms with Gasteiger partial charge in [-0.05, 0) is 99.2 Å². The Morgan fingerprint density at radius 3 is 1.89 bits per heavy atom. The SMILES string of the molecule is CCC/C=C/CCC1CCC(C2CCC(c3cc(F)c(F)c(F)c3)CC2)CC1. The molecule has 2 aliphatic carbocycles. The molecule has 0 heterocycles. The molecule has 0 N–H and O–H groups in total. The second kappa shape index (κ2) is 10.5. The van der Waals surface area contributed by atoms with Crippen molar-refractivity contribution in [3.8, 4) is 0 Å². The van der Waals surface area contributed by atoms with E-state index in [1.807, 2.05) is 0 Å². The zero-order valence-corrected chi connectivity index (χ0v) is 17.2. The lowest BCUT2D eigenvalue weighted by molar-refractivity contribution is 0.157. The third-order valence-electron chi connectivity index (χ3n) is 7.17. The summed E-state index contributed by atoms with van der Waals surface area (Å²) in [6.07, 6.45) is 19.3. The quantitative estimate of drug-likeness (QED) is 0.323. The molecule has 1 aromatic carbocycles. The maximum absolute atomic E-state index is 13.5. The number of halogens is 3. The number of hydrogen-bond acceptors (Lipinski definition) is 0. The van der Waals surface area contributed by atoms with Crippen LogP contribution >= 0.6 is 0 Å². The van der Waals surface area contributed by atoms with E-state index < -0.39 is 17.5 Å². The first-order valence-corrected chi connectivity index (χ1v) is 11.4. The van der Waals surface area contributed by atoms with Crippen molar-refractivity contribution in [3.05, 3.63) is 47.3 Å². The Balaban J connectivity index is 1.41. The average molecular weight is 393 g/mol. The summed E-state index contributed by atoms with van der Waals surface area (Å²) < 4.78 is 40.3. The summed E-state index contributed by atoms with van der Waals surface area (Å²) >= 11 is 0. The van der Waals surface area contributed by atoms with Crippen LogP contribution in [0.15, 0.2) is 24.3 Å². The molecule has 0 amide bonds. The van der Waals surface area contributed by atoms with Crippen LogP contribution in [0.1, 0.15) is 95.5 Å². The highest BCUT2D eigenvalue weighted by Crippen LogP contribution is 2.44. The average Bonchev–Trinajstić information content (AvgIpc) is 2.72. The van der Waals surface area contributed by atoms with Gasteiger partial charge >= 0.3 is 0 Å². The Kier molecular flexibility index (Phi) is 8.05. The van der Waals surface area contributed by atoms with Crippen molar-refractivity contribution in [2.75, 3.05) is 0 Å². The molecule has 2 aliphatic rings. The zero-order valence-electron chi connectivity index (χ0n) is 17.2. The van der Waals surface area contributed by atoms with Crippen LogP contribution in [0.5, 0.6) is 0 Å². The number of allylic oxidation sites excluding steroid dienone is 2. The van der Waals surface area contributed by atoms with Gasteiger partial charge < -0.3 is 0 Å². The van der Waals surface area contributed by atoms with Gasteiger partial charge in [0.1, 0.15) is 0 Å². The van der Waals surface area contributed by atoms with Gasteiger partial charge in [0.2, 0.25) is 0 Å². The van der Waals surface area contributed by atoms with Crippen LogP contribution < -0.4 is 0 Å². The minimum absolute atomic E-state index is 0.173. The van der Waals surface area contributed by atoms with Crippen molar-refractivity contribution in [1.82, 2.24) is 0 Å². The molecule has 1 aromatic rings. The van der Waals surface area contributed by atoms with Crippen LogP contribution in [0.25, 0.3) is 0 Å². The molecule has 0 saturated heterocycles. The number of hydrogen-bond donors (Lipinski definition) is 0. The van der Waals surface area contributed by atoms with Crippen molar-refractivity contribution in [3.63, 3.8) is 0 Å². The Hall–Kier alpha value is -1.25. The maximum Gasteiger partial charge on any atom is 0.194 e. The lowest BCUT2D eigenvalue weighted by Crippen LogP contribution is -2.25. The lowest BCUT2D eigenvalue weighted by atomic mass is 9.68. The van der Waals surface area contributed by atoms with Gasteiger partial charge in [0.25, 0.3) is 0 Å². The predicted octanol–water partition coefficient (Wildman–Crippen LogP) is 8.32. The zero-order chi connectivity index (χ0) is 19.9. The van der Waals surface area contributed by atoms with E-state index in [0.29, 0.717) is 5.56 Å². The largest absolute Gasteiger partial charge is 0.204 e. The molecule has 28 heavy (non-hydrogen) atoms. The van der Waals surface area contributed by atoms with Crippen LogP contribution in [0.2, 0.25) is 0 Å². The van der Waals surface area contributed by atoms with Gasteiger partial charge in [-0.3, -0.25) is 0 Å². The van der Waals surface area contributed by atoms with E-state index in [4.69, 9.17) is 0 Å². The van der Waals surface area contributed by atoms with Gasteiger partial charge in [-0.25, -0.2) is 13.2 Å². The molecule has 0 radical (unpaired) electrons. The molecule has 0 atom stereocenters. The van der Waals surface area contributed by atoms with E-state index in [1.165, 1.54) is 63.5 Å². The van der Waals surface area contributed by atoms with Crippen molar-refractivity contribution in [1.29, 1.82) is 0 Å². The summed E-state index contributed by atoms with van der Waals surface area (Å²) in [5, 5.41) is 0. The van der Waals surface area contributed by atoms with Crippen LogP contribution in [0.4, 0.5) is 13.2 Å². The number of unbranched alkanes of at least 4 members (excludes halogenated alkanes) is 1. The fourth-order valence-corrected chi connectivity index (χ4v) is 5.42. The molecule has 0 spiro atoms. The maximum atomic E-state index is 13.5. The summed E-state index contributed by atoms with van der Waals surface area (Å²) in [5.74, 6) is -0.808. The fourth-order valence-electron chi connectivity index (χ4n) is 5.42. The Bertz CT molecular complexity index is 612. The lowest BCUT2D eigenvalue weighted by Gasteiger charge is -2.38. The molecule has 0 nitrogen and oxygen atoms in total. The van der Waals surface area contributed by atoms with Crippen LogP contribution in [-0.2, 0) is 0 Å². The summed E-state index contributed by atoms with van der Waals surface area (Å²) in [5.41, 5.74) is 0.634. The van der Waals surface area contributed by atoms with E-state index in [0.717, 1.165) is 43.4 Å². The van der Waals surface area contributed by atoms with Crippen molar-refractivity contribution >= 4 is 0 Å². The monoisotopic (exact) mass is 392 g/mol. The fraction of sp³-hybridized carbons (Fsp3) is 0.680. The first-order chi connectivity index (χ1) is 13.6. The van der Waals surface area contributed by atoms with Gasteiger partial charge in [-0.15, -0.1) is 0 Å². The highest BCUT2D eigenvalue weighted by Gasteiger charge is 2.31. The summed E-state index contributed by atoms with van der Waals surface area (Å²) in [4.78, 5) is 0. The first kappa shape index (κ1) is 21.5. The molecular formula is C25H35F3. The molecule has 156 valence electrons. The highest BCUT2D eigenvalue weighted by atomic mass is 19.2. The topological polar surface area (TPSA) is 0 Å². The van der Waals surface area contributed by atoms with Gasteiger partial charge in [0.05, 0.1) is 0 Å². The summed E-state index contributed by atoms with van der Waals surface area (Å²) in [7, 11) is 0. The number of benzene rings is 1. The van der Waals surface area contributed by atoms with Gasteiger partial charge in [-0.2, -0.15) is 0 Å². The molecule has 3 heteroatoms. The van der Waals surface area contributed by atoms with Gasteiger partial charge in [-0.1, -0.05) is 38.3 Å². The second-order valence-electron chi connectivity index (χ2n) is 9.03. The molecule has 0 aliphatic heterocycles. The molecule has 2 fully saturated rings. The summed E-state index contributed by atoms with van der Waals surface area (Å²) in [6.45, 7) is 2.22. The Morgan fingerprint density at radius 1 is 0.786 bits per heavy atom. The number of rotatable bonds is 7. The highest BCUT2D eigenvalue weighted by molar-refractivity contribution is 5.23. The molecule has 0 bridgehead atoms. The van der Waals surface area contributed by atoms with Gasteiger partial charge in [0, 0.05) is 0 Å². The van der Waals surface area contributed by atoms with E-state index in [9.17, 15) is 13.2 Å². The van der Waals surface area contributed by atoms with Crippen LogP contribution in [0.3, 0.4) is 0 Å². The summed E-state index contributed by atoms with van der Waals surface area (Å²) in [6, 6.07) is 2.40. The van der Waals surface area contributed by atoms with E-state index in [1.54, 1.807) is 0 Å². The Morgan fingerprint density at radius 2 is 1.32 bits per heavy atom. The minimum Gasteiger partial charge on any atom is -0.204 e. The standard InChI is InChI=1S/C25H35F3/c1-2-3-4-5-6-7-18-8-10-19(11-9-18)20-12-14-21(15-13-20)22-16-23(26)25(28)24(27)17-22/h4-5,16-21H,2-3,6-15H2,1H3/b5-4+. The van der Waals surface area contributed by atoms with Crippen molar-refractivity contribution in [2.24, 2.45) is 17.8 Å². The molecule has 0 aromatic heterocycles. The van der Waals surface area contributed by atoms with Crippen LogP contribution in [-0.4, -0.2) is 0 Å². The molecular weight excluding hydrogens is 357 g/mol. The third-order valence-corrected chi connectivity index (χ3v) is 7.17. The van der Waals surface area contributed by atoms with Crippen LogP contribution in [0, 0.1) is 35.2 Å².